The van der Waals surface area contributed by atoms with Crippen LogP contribution >= 0.6 is 11.6 Å². The van der Waals surface area contributed by atoms with Gasteiger partial charge in [-0.1, -0.05) is 30.3 Å². The van der Waals surface area contributed by atoms with Crippen LogP contribution in [0.1, 0.15) is 12.0 Å². The Balaban J connectivity index is 1.59. The van der Waals surface area contributed by atoms with Crippen LogP contribution < -0.4 is 10.2 Å². The van der Waals surface area contributed by atoms with Gasteiger partial charge in [-0.2, -0.15) is 9.97 Å². The van der Waals surface area contributed by atoms with Gasteiger partial charge < -0.3 is 15.2 Å². The summed E-state index contributed by atoms with van der Waals surface area (Å²) in [6.45, 7) is 3.00. The van der Waals surface area contributed by atoms with E-state index < -0.39 is 0 Å². The number of hydrogen-bond donors (Lipinski definition) is 2. The van der Waals surface area contributed by atoms with Gasteiger partial charge in [0.2, 0.25) is 5.28 Å². The number of aromatic nitrogens is 3. The zero-order chi connectivity index (χ0) is 18.8. The largest absolute Gasteiger partial charge is 0.353 e. The van der Waals surface area contributed by atoms with Crippen molar-refractivity contribution in [1.29, 1.82) is 0 Å². The van der Waals surface area contributed by atoms with Crippen LogP contribution in [0.2, 0.25) is 5.28 Å². The Kier molecular flexibility index (Phi) is 5.29. The predicted octanol–water partition coefficient (Wildman–Crippen LogP) is 2.91. The Bertz CT molecular complexity index is 896. The fourth-order valence-electron chi connectivity index (χ4n) is 4.04. The molecule has 2 N–H and O–H groups in total. The summed E-state index contributed by atoms with van der Waals surface area (Å²) in [7, 11) is 4.14. The number of piperidine rings is 1. The summed E-state index contributed by atoms with van der Waals surface area (Å²) in [5, 5.41) is 4.76. The van der Waals surface area contributed by atoms with E-state index in [9.17, 15) is 0 Å². The number of benzene rings is 1. The van der Waals surface area contributed by atoms with E-state index in [-0.39, 0.29) is 11.3 Å². The van der Waals surface area contributed by atoms with Gasteiger partial charge in [0.15, 0.2) is 0 Å². The topological polar surface area (TPSA) is 60.1 Å². The van der Waals surface area contributed by atoms with Gasteiger partial charge >= 0.3 is 0 Å². The van der Waals surface area contributed by atoms with E-state index in [1.807, 2.05) is 19.3 Å². The third kappa shape index (κ3) is 3.78. The maximum absolute atomic E-state index is 6.18. The van der Waals surface area contributed by atoms with Crippen molar-refractivity contribution < 1.29 is 0 Å². The number of halogens is 1. The number of hydrogen-bond acceptors (Lipinski definition) is 5. The highest BCUT2D eigenvalue weighted by Gasteiger charge is 2.32. The second-order valence-corrected chi connectivity index (χ2v) is 7.48. The van der Waals surface area contributed by atoms with Crippen molar-refractivity contribution in [2.24, 2.45) is 0 Å². The monoisotopic (exact) mass is 384 g/mol. The van der Waals surface area contributed by atoms with E-state index in [4.69, 9.17) is 11.6 Å². The molecular weight excluding hydrogens is 360 g/mol. The smallest absolute Gasteiger partial charge is 0.226 e. The quantitative estimate of drug-likeness (QED) is 0.662. The first kappa shape index (κ1) is 18.2. The van der Waals surface area contributed by atoms with E-state index in [0.29, 0.717) is 6.04 Å². The summed E-state index contributed by atoms with van der Waals surface area (Å²) in [5.74, 6) is 0.873. The Morgan fingerprint density at radius 3 is 2.85 bits per heavy atom. The molecule has 1 fully saturated rings. The van der Waals surface area contributed by atoms with E-state index in [1.165, 1.54) is 5.56 Å². The molecule has 2 atom stereocenters. The third-order valence-electron chi connectivity index (χ3n) is 5.49. The summed E-state index contributed by atoms with van der Waals surface area (Å²) in [6, 6.07) is 13.3. The Labute approximate surface area is 164 Å². The van der Waals surface area contributed by atoms with Crippen LogP contribution in [-0.4, -0.2) is 59.1 Å². The highest BCUT2D eigenvalue weighted by molar-refractivity contribution is 6.28. The number of anilines is 1. The minimum Gasteiger partial charge on any atom is -0.353 e. The lowest BCUT2D eigenvalue weighted by molar-refractivity contribution is 0.170. The third-order valence-corrected chi connectivity index (χ3v) is 5.65. The van der Waals surface area contributed by atoms with Crippen molar-refractivity contribution in [3.8, 4) is 0 Å². The van der Waals surface area contributed by atoms with Crippen molar-refractivity contribution >= 4 is 28.5 Å². The predicted molar refractivity (Wildman–Crippen MR) is 110 cm³/mol. The number of likely N-dealkylation sites (N-methyl/N-ethyl adjacent to an activating group) is 2. The first-order valence-electron chi connectivity index (χ1n) is 9.32. The van der Waals surface area contributed by atoms with Crippen LogP contribution in [0.4, 0.5) is 5.82 Å². The molecule has 0 spiro atoms. The maximum Gasteiger partial charge on any atom is 0.226 e. The van der Waals surface area contributed by atoms with E-state index in [1.54, 1.807) is 0 Å². The minimum absolute atomic E-state index is 0.268. The number of nitrogens with zero attached hydrogens (tertiary/aromatic N) is 4. The molecule has 4 rings (SSSR count). The second kappa shape index (κ2) is 7.84. The van der Waals surface area contributed by atoms with Crippen LogP contribution in [0.15, 0.2) is 42.6 Å². The zero-order valence-corrected chi connectivity index (χ0v) is 16.4. The molecule has 6 nitrogen and oxygen atoms in total. The number of likely N-dealkylation sites (tertiary alicyclic amines) is 1. The number of nitrogens with one attached hydrogen (secondary N) is 2. The average Bonchev–Trinajstić information content (AvgIpc) is 3.16. The molecule has 1 unspecified atom stereocenters. The molecule has 3 aromatic rings. The molecule has 0 saturated carbocycles. The number of H-pyrrole nitrogens is 1. The molecule has 0 radical (unpaired) electrons. The van der Waals surface area contributed by atoms with E-state index in [0.717, 1.165) is 42.9 Å². The van der Waals surface area contributed by atoms with E-state index in [2.05, 4.69) is 67.4 Å². The lowest BCUT2D eigenvalue weighted by atomic mass is 9.97. The van der Waals surface area contributed by atoms with Crippen molar-refractivity contribution in [2.45, 2.75) is 25.0 Å². The molecule has 1 aromatic carbocycles. The molecule has 0 aliphatic carbocycles. The lowest BCUT2D eigenvalue weighted by Crippen LogP contribution is -2.58. The van der Waals surface area contributed by atoms with Gasteiger partial charge in [-0.25, -0.2) is 0 Å². The maximum atomic E-state index is 6.18. The van der Waals surface area contributed by atoms with Gasteiger partial charge in [0, 0.05) is 38.9 Å². The van der Waals surface area contributed by atoms with Crippen LogP contribution in [0.3, 0.4) is 0 Å². The van der Waals surface area contributed by atoms with Gasteiger partial charge in [-0.05, 0) is 36.7 Å². The fraction of sp³-hybridized carbons (Fsp3) is 0.400. The summed E-state index contributed by atoms with van der Waals surface area (Å²) >= 11 is 6.18. The highest BCUT2D eigenvalue weighted by Crippen LogP contribution is 2.28. The molecule has 0 amide bonds. The van der Waals surface area contributed by atoms with Crippen molar-refractivity contribution in [3.05, 3.63) is 53.4 Å². The van der Waals surface area contributed by atoms with Crippen molar-refractivity contribution in [3.63, 3.8) is 0 Å². The zero-order valence-electron chi connectivity index (χ0n) is 15.7. The fourth-order valence-corrected chi connectivity index (χ4v) is 4.20. The van der Waals surface area contributed by atoms with Crippen molar-refractivity contribution in [2.75, 3.05) is 32.1 Å². The van der Waals surface area contributed by atoms with Gasteiger partial charge in [-0.15, -0.1) is 0 Å². The molecule has 3 heterocycles. The summed E-state index contributed by atoms with van der Waals surface area (Å²) in [4.78, 5) is 16.7. The van der Waals surface area contributed by atoms with Crippen molar-refractivity contribution in [1.82, 2.24) is 25.2 Å². The van der Waals surface area contributed by atoms with Crippen LogP contribution in [0.25, 0.3) is 11.0 Å². The molecule has 7 heteroatoms. The van der Waals surface area contributed by atoms with Gasteiger partial charge in [0.25, 0.3) is 0 Å². The summed E-state index contributed by atoms with van der Waals surface area (Å²) < 4.78 is 0. The summed E-state index contributed by atoms with van der Waals surface area (Å²) in [6.07, 6.45) is 2.97. The normalized spacial score (nSPS) is 20.9. The van der Waals surface area contributed by atoms with Crippen LogP contribution in [0, 0.1) is 0 Å². The van der Waals surface area contributed by atoms with Gasteiger partial charge in [0.05, 0.1) is 11.4 Å². The molecular formula is C20H25ClN6. The standard InChI is InChI=1S/C20H25ClN6/c1-22-16-9-11-27(12-14-6-4-3-5-7-14)13-17(16)26(2)19-15-8-10-23-18(15)24-20(21)25-19/h3-8,10,16-17,22H,9,11-13H2,1-2H3,(H,23,24,25)/t16?,17-/m0/s1. The molecule has 0 bridgehead atoms. The molecule has 1 aliphatic rings. The first-order chi connectivity index (χ1) is 13.2. The molecule has 27 heavy (non-hydrogen) atoms. The SMILES string of the molecule is CNC1CCN(Cc2ccccc2)C[C@@H]1N(C)c1nc(Cl)nc2[nH]ccc12. The van der Waals surface area contributed by atoms with Gasteiger partial charge in [0.1, 0.15) is 11.5 Å². The Hall–Kier alpha value is -2.15. The second-order valence-electron chi connectivity index (χ2n) is 7.14. The average molecular weight is 385 g/mol. The highest BCUT2D eigenvalue weighted by atomic mass is 35.5. The van der Waals surface area contributed by atoms with Gasteiger partial charge in [-0.3, -0.25) is 4.90 Å². The number of aromatic amines is 1. The van der Waals surface area contributed by atoms with Crippen LogP contribution in [0.5, 0.6) is 0 Å². The molecule has 1 aliphatic heterocycles. The Morgan fingerprint density at radius 2 is 2.07 bits per heavy atom. The molecule has 142 valence electrons. The summed E-state index contributed by atoms with van der Waals surface area (Å²) in [5.41, 5.74) is 2.12. The lowest BCUT2D eigenvalue weighted by Gasteiger charge is -2.43. The molecule has 2 aromatic heterocycles. The van der Waals surface area contributed by atoms with E-state index >= 15 is 0 Å². The van der Waals surface area contributed by atoms with Crippen LogP contribution in [-0.2, 0) is 6.54 Å². The number of rotatable bonds is 5. The first-order valence-corrected chi connectivity index (χ1v) is 9.70. The Morgan fingerprint density at radius 1 is 1.26 bits per heavy atom. The minimum atomic E-state index is 0.268. The molecule has 1 saturated heterocycles. The number of fused-ring (bicyclic) bond motifs is 1.